The summed E-state index contributed by atoms with van der Waals surface area (Å²) in [4.78, 5) is 17.4. The molecule has 1 spiro atoms. The Morgan fingerprint density at radius 3 is 2.44 bits per heavy atom. The van der Waals surface area contributed by atoms with Crippen LogP contribution in [0.15, 0.2) is 4.99 Å². The van der Waals surface area contributed by atoms with Crippen LogP contribution in [0.1, 0.15) is 26.7 Å². The summed E-state index contributed by atoms with van der Waals surface area (Å²) in [6.07, 6.45) is 0.728. The summed E-state index contributed by atoms with van der Waals surface area (Å²) >= 11 is 0. The fraction of sp³-hybridized carbons (Fsp3) is 0.818. The van der Waals surface area contributed by atoms with Crippen molar-refractivity contribution in [1.82, 2.24) is 4.90 Å². The predicted octanol–water partition coefficient (Wildman–Crippen LogP) is 0.383. The number of carbonyl (C=O) groups is 1. The van der Waals surface area contributed by atoms with Gasteiger partial charge in [0.25, 0.3) is 0 Å². The molecule has 0 aliphatic carbocycles. The lowest BCUT2D eigenvalue weighted by molar-refractivity contribution is 0.152. The zero-order valence-electron chi connectivity index (χ0n) is 10.7. The molecule has 0 aromatic heterocycles. The van der Waals surface area contributed by atoms with Gasteiger partial charge >= 0.3 is 6.03 Å². The molecule has 2 N–H and O–H groups in total. The molecule has 18 heavy (non-hydrogen) atoms. The standard InChI is InChI=1S/C11H19N3O3S/c1-8(2)7-14-10(15)13-9(12)11(14)3-5-18(16,17)6-4-11/h8H,3-7H2,1-2H3,(H2,12,13,15). The van der Waals surface area contributed by atoms with Gasteiger partial charge in [-0.1, -0.05) is 13.8 Å². The monoisotopic (exact) mass is 273 g/mol. The topological polar surface area (TPSA) is 92.8 Å². The van der Waals surface area contributed by atoms with Crippen molar-refractivity contribution in [3.05, 3.63) is 0 Å². The highest BCUT2D eigenvalue weighted by Gasteiger charge is 2.51. The van der Waals surface area contributed by atoms with Crippen LogP contribution in [0.25, 0.3) is 0 Å². The van der Waals surface area contributed by atoms with Gasteiger partial charge in [0.1, 0.15) is 11.4 Å². The van der Waals surface area contributed by atoms with Crippen molar-refractivity contribution in [2.45, 2.75) is 32.2 Å². The summed E-state index contributed by atoms with van der Waals surface area (Å²) < 4.78 is 23.0. The SMILES string of the molecule is CC(C)CN1C(=O)N=C(N)C12CCS(=O)(=O)CC2. The quantitative estimate of drug-likeness (QED) is 0.787. The second kappa shape index (κ2) is 4.22. The van der Waals surface area contributed by atoms with Crippen LogP contribution in [0.2, 0.25) is 0 Å². The summed E-state index contributed by atoms with van der Waals surface area (Å²) in [5.41, 5.74) is 5.22. The molecular weight excluding hydrogens is 254 g/mol. The minimum absolute atomic E-state index is 0.0745. The van der Waals surface area contributed by atoms with Gasteiger partial charge in [0.2, 0.25) is 0 Å². The number of hydrogen-bond donors (Lipinski definition) is 1. The summed E-state index contributed by atoms with van der Waals surface area (Å²) in [6, 6.07) is -0.333. The highest BCUT2D eigenvalue weighted by Crippen LogP contribution is 2.35. The van der Waals surface area contributed by atoms with Gasteiger partial charge in [-0.2, -0.15) is 4.99 Å². The largest absolute Gasteiger partial charge is 0.385 e. The van der Waals surface area contributed by atoms with Gasteiger partial charge < -0.3 is 10.6 Å². The Morgan fingerprint density at radius 2 is 1.94 bits per heavy atom. The molecule has 2 rings (SSSR count). The highest BCUT2D eigenvalue weighted by atomic mass is 32.2. The Labute approximate surface area is 107 Å². The lowest BCUT2D eigenvalue weighted by Crippen LogP contribution is -2.58. The molecular formula is C11H19N3O3S. The van der Waals surface area contributed by atoms with Gasteiger partial charge in [-0.25, -0.2) is 13.2 Å². The number of nitrogens with two attached hydrogens (primary N) is 1. The van der Waals surface area contributed by atoms with Gasteiger partial charge in [0.05, 0.1) is 11.5 Å². The second-order valence-electron chi connectivity index (χ2n) is 5.47. The first-order valence-electron chi connectivity index (χ1n) is 6.13. The van der Waals surface area contributed by atoms with Gasteiger partial charge in [-0.15, -0.1) is 0 Å². The Kier molecular flexibility index (Phi) is 3.12. The fourth-order valence-corrected chi connectivity index (χ4v) is 4.11. The third kappa shape index (κ3) is 2.11. The van der Waals surface area contributed by atoms with E-state index in [0.29, 0.717) is 25.3 Å². The van der Waals surface area contributed by atoms with Crippen LogP contribution in [0.3, 0.4) is 0 Å². The van der Waals surface area contributed by atoms with E-state index in [9.17, 15) is 13.2 Å². The van der Waals surface area contributed by atoms with Crippen LogP contribution in [-0.4, -0.2) is 48.8 Å². The maximum absolute atomic E-state index is 11.9. The molecule has 7 heteroatoms. The van der Waals surface area contributed by atoms with E-state index in [4.69, 9.17) is 5.73 Å². The Balaban J connectivity index is 2.28. The number of carbonyl (C=O) groups excluding carboxylic acids is 1. The smallest absolute Gasteiger partial charge is 0.346 e. The molecule has 1 fully saturated rings. The molecule has 2 heterocycles. The third-order valence-corrected chi connectivity index (χ3v) is 5.29. The number of hydrogen-bond acceptors (Lipinski definition) is 4. The molecule has 0 aromatic carbocycles. The van der Waals surface area contributed by atoms with Crippen LogP contribution >= 0.6 is 0 Å². The first-order chi connectivity index (χ1) is 8.27. The Bertz CT molecular complexity index is 482. The van der Waals surface area contributed by atoms with Crippen molar-refractivity contribution in [1.29, 1.82) is 0 Å². The minimum Gasteiger partial charge on any atom is -0.385 e. The maximum atomic E-state index is 11.9. The molecule has 6 nitrogen and oxygen atoms in total. The number of amides is 2. The average Bonchev–Trinajstić information content (AvgIpc) is 2.46. The van der Waals surface area contributed by atoms with E-state index in [0.717, 1.165) is 0 Å². The van der Waals surface area contributed by atoms with Gasteiger partial charge in [-0.3, -0.25) is 0 Å². The lowest BCUT2D eigenvalue weighted by atomic mass is 9.89. The number of urea groups is 1. The van der Waals surface area contributed by atoms with Gasteiger partial charge in [-0.05, 0) is 18.8 Å². The van der Waals surface area contributed by atoms with Crippen LogP contribution in [0, 0.1) is 5.92 Å². The molecule has 102 valence electrons. The van der Waals surface area contributed by atoms with Crippen molar-refractivity contribution < 1.29 is 13.2 Å². The van der Waals surface area contributed by atoms with Crippen LogP contribution in [0.5, 0.6) is 0 Å². The number of sulfone groups is 1. The maximum Gasteiger partial charge on any atom is 0.346 e. The molecule has 0 bridgehead atoms. The summed E-state index contributed by atoms with van der Waals surface area (Å²) in [6.45, 7) is 4.58. The second-order valence-corrected chi connectivity index (χ2v) is 7.77. The number of rotatable bonds is 2. The van der Waals surface area contributed by atoms with Crippen molar-refractivity contribution in [2.75, 3.05) is 18.1 Å². The van der Waals surface area contributed by atoms with E-state index in [-0.39, 0.29) is 23.4 Å². The van der Waals surface area contributed by atoms with Gasteiger partial charge in [0, 0.05) is 6.54 Å². The van der Waals surface area contributed by atoms with Crippen LogP contribution in [0.4, 0.5) is 4.79 Å². The summed E-state index contributed by atoms with van der Waals surface area (Å²) in [5.74, 6) is 0.726. The minimum atomic E-state index is -2.99. The highest BCUT2D eigenvalue weighted by molar-refractivity contribution is 7.91. The van der Waals surface area contributed by atoms with E-state index in [1.807, 2.05) is 13.8 Å². The zero-order valence-corrected chi connectivity index (χ0v) is 11.5. The summed E-state index contributed by atoms with van der Waals surface area (Å²) in [7, 11) is -2.99. The van der Waals surface area contributed by atoms with Gasteiger partial charge in [0.15, 0.2) is 9.84 Å². The van der Waals surface area contributed by atoms with E-state index < -0.39 is 15.4 Å². The molecule has 2 aliphatic rings. The Morgan fingerprint density at radius 1 is 1.39 bits per heavy atom. The lowest BCUT2D eigenvalue weighted by Gasteiger charge is -2.41. The average molecular weight is 273 g/mol. The molecule has 2 amide bonds. The Hall–Kier alpha value is -1.11. The zero-order chi connectivity index (χ0) is 13.6. The van der Waals surface area contributed by atoms with E-state index in [2.05, 4.69) is 4.99 Å². The number of aliphatic imine (C=N–C) groups is 1. The normalized spacial score (nSPS) is 25.8. The van der Waals surface area contributed by atoms with Crippen molar-refractivity contribution in [3.63, 3.8) is 0 Å². The van der Waals surface area contributed by atoms with E-state index in [1.54, 1.807) is 4.90 Å². The van der Waals surface area contributed by atoms with E-state index >= 15 is 0 Å². The molecule has 0 saturated carbocycles. The van der Waals surface area contributed by atoms with Crippen molar-refractivity contribution >= 4 is 21.7 Å². The summed E-state index contributed by atoms with van der Waals surface area (Å²) in [5, 5.41) is 0. The van der Waals surface area contributed by atoms with Crippen molar-refractivity contribution in [3.8, 4) is 0 Å². The first kappa shape index (κ1) is 13.3. The molecule has 1 saturated heterocycles. The first-order valence-corrected chi connectivity index (χ1v) is 7.96. The third-order valence-electron chi connectivity index (χ3n) is 3.64. The molecule has 0 atom stereocenters. The van der Waals surface area contributed by atoms with Crippen LogP contribution in [-0.2, 0) is 9.84 Å². The van der Waals surface area contributed by atoms with Crippen molar-refractivity contribution in [2.24, 2.45) is 16.6 Å². The number of amidine groups is 1. The molecule has 0 radical (unpaired) electrons. The predicted molar refractivity (Wildman–Crippen MR) is 69.2 cm³/mol. The molecule has 2 aliphatic heterocycles. The molecule has 0 aromatic rings. The van der Waals surface area contributed by atoms with E-state index in [1.165, 1.54) is 0 Å². The molecule has 0 unspecified atom stereocenters. The van der Waals surface area contributed by atoms with Crippen LogP contribution < -0.4 is 5.73 Å². The number of nitrogens with zero attached hydrogens (tertiary/aromatic N) is 2. The fourth-order valence-electron chi connectivity index (χ4n) is 2.61.